The van der Waals surface area contributed by atoms with Gasteiger partial charge in [-0.2, -0.15) is 0 Å². The minimum absolute atomic E-state index is 0.245. The summed E-state index contributed by atoms with van der Waals surface area (Å²) in [6.45, 7) is 19.4. The van der Waals surface area contributed by atoms with Gasteiger partial charge in [-0.05, 0) is 24.6 Å². The Morgan fingerprint density at radius 1 is 0.536 bits per heavy atom. The second-order valence-corrected chi connectivity index (χ2v) is 13.6. The Morgan fingerprint density at radius 2 is 0.929 bits per heavy atom. The number of hydrogen-bond acceptors (Lipinski definition) is 5. The van der Waals surface area contributed by atoms with E-state index in [1.165, 1.54) is 32.1 Å². The highest BCUT2D eigenvalue weighted by Gasteiger charge is 2.36. The van der Waals surface area contributed by atoms with E-state index in [2.05, 4.69) is 40.8 Å². The zero-order valence-electron chi connectivity index (χ0n) is 19.6. The molecule has 0 spiro atoms. The fraction of sp³-hybridized carbons (Fsp3) is 1.00. The van der Waals surface area contributed by atoms with Gasteiger partial charge in [-0.25, -0.2) is 0 Å². The van der Waals surface area contributed by atoms with E-state index in [1.807, 2.05) is 0 Å². The van der Waals surface area contributed by atoms with Crippen LogP contribution in [0.25, 0.3) is 0 Å². The Hall–Kier alpha value is 0.0169. The third kappa shape index (κ3) is 16.9. The summed E-state index contributed by atoms with van der Waals surface area (Å²) in [5, 5.41) is 0.245. The van der Waals surface area contributed by atoms with Gasteiger partial charge in [0, 0.05) is 6.61 Å². The van der Waals surface area contributed by atoms with Gasteiger partial charge in [-0.1, -0.05) is 59.8 Å². The highest BCUT2D eigenvalue weighted by molar-refractivity contribution is 6.74. The van der Waals surface area contributed by atoms with Crippen LogP contribution in [-0.2, 0) is 23.4 Å². The lowest BCUT2D eigenvalue weighted by Gasteiger charge is -2.36. The van der Waals surface area contributed by atoms with Crippen LogP contribution in [0.2, 0.25) is 18.1 Å². The van der Waals surface area contributed by atoms with E-state index in [9.17, 15) is 0 Å². The highest BCUT2D eigenvalue weighted by Crippen LogP contribution is 2.36. The zero-order chi connectivity index (χ0) is 21.1. The smallest absolute Gasteiger partial charge is 0.192 e. The van der Waals surface area contributed by atoms with Crippen molar-refractivity contribution in [2.45, 2.75) is 84.4 Å². The summed E-state index contributed by atoms with van der Waals surface area (Å²) in [6, 6.07) is 0. The predicted molar refractivity (Wildman–Crippen MR) is 120 cm³/mol. The van der Waals surface area contributed by atoms with Crippen molar-refractivity contribution in [1.82, 2.24) is 0 Å². The van der Waals surface area contributed by atoms with E-state index in [0.717, 1.165) is 13.0 Å². The topological polar surface area (TPSA) is 46.2 Å². The van der Waals surface area contributed by atoms with Crippen LogP contribution in [-0.4, -0.2) is 67.8 Å². The lowest BCUT2D eigenvalue weighted by atomic mass is 10.1. The lowest BCUT2D eigenvalue weighted by Crippen LogP contribution is -2.41. The van der Waals surface area contributed by atoms with Crippen LogP contribution >= 0.6 is 0 Å². The van der Waals surface area contributed by atoms with Crippen LogP contribution in [0.1, 0.15) is 66.2 Å². The zero-order valence-corrected chi connectivity index (χ0v) is 20.6. The maximum atomic E-state index is 6.06. The normalized spacial score (nSPS) is 12.6. The van der Waals surface area contributed by atoms with Crippen molar-refractivity contribution in [3.8, 4) is 0 Å². The number of ether oxygens (including phenoxy) is 4. The van der Waals surface area contributed by atoms with Gasteiger partial charge in [0.2, 0.25) is 0 Å². The molecule has 0 saturated heterocycles. The number of rotatable bonds is 20. The van der Waals surface area contributed by atoms with Gasteiger partial charge >= 0.3 is 0 Å². The third-order valence-corrected chi connectivity index (χ3v) is 9.79. The molecule has 6 heteroatoms. The van der Waals surface area contributed by atoms with E-state index in [-0.39, 0.29) is 5.04 Å². The molecule has 0 fully saturated rings. The molecule has 0 aromatic carbocycles. The molecule has 0 aromatic rings. The largest absolute Gasteiger partial charge is 0.414 e. The molecule has 0 aromatic heterocycles. The van der Waals surface area contributed by atoms with Gasteiger partial charge < -0.3 is 23.4 Å². The van der Waals surface area contributed by atoms with Crippen molar-refractivity contribution in [3.63, 3.8) is 0 Å². The van der Waals surface area contributed by atoms with Gasteiger partial charge in [0.15, 0.2) is 8.32 Å². The van der Waals surface area contributed by atoms with Gasteiger partial charge in [0.05, 0.1) is 52.9 Å². The van der Waals surface area contributed by atoms with Crippen molar-refractivity contribution < 1.29 is 23.4 Å². The Bertz CT molecular complexity index is 331. The Labute approximate surface area is 175 Å². The first-order chi connectivity index (χ1) is 13.3. The van der Waals surface area contributed by atoms with Crippen molar-refractivity contribution in [2.24, 2.45) is 0 Å². The maximum absolute atomic E-state index is 6.06. The van der Waals surface area contributed by atoms with E-state index < -0.39 is 8.32 Å². The van der Waals surface area contributed by atoms with Gasteiger partial charge in [-0.15, -0.1) is 0 Å². The minimum Gasteiger partial charge on any atom is -0.414 e. The molecule has 0 saturated carbocycles. The molecule has 170 valence electrons. The summed E-state index contributed by atoms with van der Waals surface area (Å²) < 4.78 is 28.2. The molecule has 0 rings (SSSR count). The molecule has 0 N–H and O–H groups in total. The molecule has 0 aliphatic heterocycles. The second-order valence-electron chi connectivity index (χ2n) is 8.83. The fourth-order valence-corrected chi connectivity index (χ4v) is 3.35. The summed E-state index contributed by atoms with van der Waals surface area (Å²) in [5.41, 5.74) is 0. The summed E-state index contributed by atoms with van der Waals surface area (Å²) in [6.07, 6.45) is 7.78. The van der Waals surface area contributed by atoms with Crippen molar-refractivity contribution in [3.05, 3.63) is 0 Å². The first kappa shape index (κ1) is 28.0. The Balaban J connectivity index is 3.18. The minimum atomic E-state index is -1.66. The molecule has 0 aliphatic rings. The summed E-state index contributed by atoms with van der Waals surface area (Å²) in [7, 11) is -1.66. The average molecular weight is 421 g/mol. The third-order valence-electron chi connectivity index (χ3n) is 5.26. The van der Waals surface area contributed by atoms with E-state index in [0.29, 0.717) is 52.9 Å². The van der Waals surface area contributed by atoms with Crippen molar-refractivity contribution in [2.75, 3.05) is 59.5 Å². The van der Waals surface area contributed by atoms with E-state index >= 15 is 0 Å². The van der Waals surface area contributed by atoms with Gasteiger partial charge in [-0.3, -0.25) is 0 Å². The lowest BCUT2D eigenvalue weighted by molar-refractivity contribution is -0.00530. The molecule has 0 bridgehead atoms. The van der Waals surface area contributed by atoms with Crippen LogP contribution in [0.4, 0.5) is 0 Å². The first-order valence-corrected chi connectivity index (χ1v) is 14.2. The van der Waals surface area contributed by atoms with Gasteiger partial charge in [0.1, 0.15) is 0 Å². The summed E-state index contributed by atoms with van der Waals surface area (Å²) in [4.78, 5) is 0. The standard InChI is InChI=1S/C22H48O5Si/c1-7-8-9-10-11-12-13-23-14-15-24-16-17-25-18-19-26-20-21-27-28(5,6)22(2,3)4/h7-21H2,1-6H3. The molecule has 0 heterocycles. The monoisotopic (exact) mass is 420 g/mol. The maximum Gasteiger partial charge on any atom is 0.192 e. The second kappa shape index (κ2) is 17.8. The Kier molecular flexibility index (Phi) is 17.9. The highest BCUT2D eigenvalue weighted by atomic mass is 28.4. The quantitative estimate of drug-likeness (QED) is 0.194. The van der Waals surface area contributed by atoms with Crippen molar-refractivity contribution >= 4 is 8.32 Å². The predicted octanol–water partition coefficient (Wildman–Crippen LogP) is 5.44. The van der Waals surface area contributed by atoms with E-state index in [4.69, 9.17) is 23.4 Å². The molecule has 0 aliphatic carbocycles. The molecular formula is C22H48O5Si. The average Bonchev–Trinajstić information content (AvgIpc) is 2.62. The van der Waals surface area contributed by atoms with Crippen LogP contribution < -0.4 is 0 Å². The van der Waals surface area contributed by atoms with Crippen LogP contribution in [0.5, 0.6) is 0 Å². The van der Waals surface area contributed by atoms with Crippen LogP contribution in [0.15, 0.2) is 0 Å². The molecule has 0 atom stereocenters. The summed E-state index contributed by atoms with van der Waals surface area (Å²) in [5.74, 6) is 0. The van der Waals surface area contributed by atoms with Crippen molar-refractivity contribution in [1.29, 1.82) is 0 Å². The molecular weight excluding hydrogens is 372 g/mol. The number of hydrogen-bond donors (Lipinski definition) is 0. The van der Waals surface area contributed by atoms with Crippen LogP contribution in [0, 0.1) is 0 Å². The molecule has 0 amide bonds. The van der Waals surface area contributed by atoms with Gasteiger partial charge in [0.25, 0.3) is 0 Å². The molecule has 0 unspecified atom stereocenters. The molecule has 0 radical (unpaired) electrons. The fourth-order valence-electron chi connectivity index (χ4n) is 2.32. The first-order valence-electron chi connectivity index (χ1n) is 11.3. The Morgan fingerprint density at radius 3 is 1.39 bits per heavy atom. The summed E-state index contributed by atoms with van der Waals surface area (Å²) >= 11 is 0. The molecule has 28 heavy (non-hydrogen) atoms. The van der Waals surface area contributed by atoms with Crippen LogP contribution in [0.3, 0.4) is 0 Å². The SMILES string of the molecule is CCCCCCCCOCCOCCOCCOCCO[Si](C)(C)C(C)(C)C. The number of unbranched alkanes of at least 4 members (excludes halogenated alkanes) is 5. The molecule has 5 nitrogen and oxygen atoms in total. The van der Waals surface area contributed by atoms with E-state index in [1.54, 1.807) is 0 Å².